The first-order valence-electron chi connectivity index (χ1n) is 5.25. The van der Waals surface area contributed by atoms with Gasteiger partial charge >= 0.3 is 0 Å². The summed E-state index contributed by atoms with van der Waals surface area (Å²) in [6, 6.07) is 5.59. The van der Waals surface area contributed by atoms with Crippen molar-refractivity contribution in [2.75, 3.05) is 13.2 Å². The van der Waals surface area contributed by atoms with Gasteiger partial charge in [0, 0.05) is 12.1 Å². The molecular formula is C12H16FNO2. The van der Waals surface area contributed by atoms with Crippen LogP contribution in [0.2, 0.25) is 0 Å². The number of hydrogen-bond donors (Lipinski definition) is 1. The van der Waals surface area contributed by atoms with Gasteiger partial charge in [0.25, 0.3) is 5.91 Å². The first-order valence-corrected chi connectivity index (χ1v) is 5.25. The van der Waals surface area contributed by atoms with Gasteiger partial charge in [-0.1, -0.05) is 6.07 Å². The quantitative estimate of drug-likeness (QED) is 0.778. The molecule has 0 saturated heterocycles. The molecule has 0 bridgehead atoms. The van der Waals surface area contributed by atoms with Crippen molar-refractivity contribution in [2.24, 2.45) is 0 Å². The van der Waals surface area contributed by atoms with Gasteiger partial charge in [-0.3, -0.25) is 4.79 Å². The molecular weight excluding hydrogens is 209 g/mol. The van der Waals surface area contributed by atoms with Crippen LogP contribution in [-0.4, -0.2) is 25.2 Å². The van der Waals surface area contributed by atoms with E-state index in [4.69, 9.17) is 4.74 Å². The van der Waals surface area contributed by atoms with Crippen LogP contribution in [0.15, 0.2) is 24.3 Å². The van der Waals surface area contributed by atoms with Crippen molar-refractivity contribution in [1.29, 1.82) is 0 Å². The lowest BCUT2D eigenvalue weighted by atomic mass is 10.2. The Balaban J connectivity index is 2.35. The Hall–Kier alpha value is -1.42. The number of carbonyl (C=O) groups excluding carboxylic acids is 1. The smallest absolute Gasteiger partial charge is 0.251 e. The lowest BCUT2D eigenvalue weighted by Crippen LogP contribution is -2.28. The number of halogens is 1. The topological polar surface area (TPSA) is 38.3 Å². The normalized spacial score (nSPS) is 10.5. The van der Waals surface area contributed by atoms with Crippen molar-refractivity contribution in [2.45, 2.75) is 20.0 Å². The second kappa shape index (κ2) is 6.23. The first-order chi connectivity index (χ1) is 7.59. The van der Waals surface area contributed by atoms with Gasteiger partial charge in [-0.25, -0.2) is 4.39 Å². The molecule has 0 aliphatic carbocycles. The van der Waals surface area contributed by atoms with Gasteiger partial charge in [-0.2, -0.15) is 0 Å². The number of amides is 1. The van der Waals surface area contributed by atoms with Crippen molar-refractivity contribution in [3.05, 3.63) is 35.6 Å². The molecule has 16 heavy (non-hydrogen) atoms. The SMILES string of the molecule is CC(C)OCCNC(=O)c1cccc(F)c1. The summed E-state index contributed by atoms with van der Waals surface area (Å²) in [5, 5.41) is 2.65. The number of carbonyl (C=O) groups is 1. The van der Waals surface area contributed by atoms with Crippen LogP contribution in [0.25, 0.3) is 0 Å². The molecule has 0 heterocycles. The fourth-order valence-electron chi connectivity index (χ4n) is 1.19. The molecule has 4 heteroatoms. The van der Waals surface area contributed by atoms with Gasteiger partial charge in [-0.05, 0) is 32.0 Å². The fourth-order valence-corrected chi connectivity index (χ4v) is 1.19. The molecule has 0 aliphatic rings. The molecule has 1 aromatic rings. The Bertz CT molecular complexity index is 353. The summed E-state index contributed by atoms with van der Waals surface area (Å²) in [5.74, 6) is -0.696. The van der Waals surface area contributed by atoms with Gasteiger partial charge in [-0.15, -0.1) is 0 Å². The van der Waals surface area contributed by atoms with Crippen LogP contribution in [0.5, 0.6) is 0 Å². The van der Waals surface area contributed by atoms with Crippen LogP contribution in [0.4, 0.5) is 4.39 Å². The van der Waals surface area contributed by atoms with E-state index in [1.165, 1.54) is 18.2 Å². The van der Waals surface area contributed by atoms with Gasteiger partial charge < -0.3 is 10.1 Å². The van der Waals surface area contributed by atoms with E-state index in [9.17, 15) is 9.18 Å². The minimum Gasteiger partial charge on any atom is -0.377 e. The molecule has 0 fully saturated rings. The maximum absolute atomic E-state index is 12.8. The molecule has 0 unspecified atom stereocenters. The zero-order chi connectivity index (χ0) is 12.0. The van der Waals surface area contributed by atoms with Gasteiger partial charge in [0.1, 0.15) is 5.82 Å². The summed E-state index contributed by atoms with van der Waals surface area (Å²) >= 11 is 0. The Morgan fingerprint density at radius 1 is 1.50 bits per heavy atom. The van der Waals surface area contributed by atoms with Crippen LogP contribution in [0.3, 0.4) is 0 Å². The average Bonchev–Trinajstić information content (AvgIpc) is 2.24. The highest BCUT2D eigenvalue weighted by Crippen LogP contribution is 2.02. The highest BCUT2D eigenvalue weighted by Gasteiger charge is 2.05. The van der Waals surface area contributed by atoms with E-state index in [0.29, 0.717) is 18.7 Å². The maximum Gasteiger partial charge on any atom is 0.251 e. The summed E-state index contributed by atoms with van der Waals surface area (Å²) in [4.78, 5) is 11.5. The Labute approximate surface area is 94.6 Å². The van der Waals surface area contributed by atoms with Gasteiger partial charge in [0.2, 0.25) is 0 Å². The van der Waals surface area contributed by atoms with E-state index in [-0.39, 0.29) is 12.0 Å². The van der Waals surface area contributed by atoms with E-state index < -0.39 is 5.82 Å². The molecule has 1 aromatic carbocycles. The fraction of sp³-hybridized carbons (Fsp3) is 0.417. The molecule has 0 spiro atoms. The average molecular weight is 225 g/mol. The molecule has 0 aromatic heterocycles. The third kappa shape index (κ3) is 4.40. The lowest BCUT2D eigenvalue weighted by molar-refractivity contribution is 0.0746. The zero-order valence-corrected chi connectivity index (χ0v) is 9.50. The predicted molar refractivity (Wildman–Crippen MR) is 59.8 cm³/mol. The van der Waals surface area contributed by atoms with Crippen molar-refractivity contribution in [3.8, 4) is 0 Å². The molecule has 0 atom stereocenters. The Morgan fingerprint density at radius 3 is 2.88 bits per heavy atom. The monoisotopic (exact) mass is 225 g/mol. The molecule has 1 N–H and O–H groups in total. The minimum absolute atomic E-state index is 0.145. The third-order valence-corrected chi connectivity index (χ3v) is 1.93. The standard InChI is InChI=1S/C12H16FNO2/c1-9(2)16-7-6-14-12(15)10-4-3-5-11(13)8-10/h3-5,8-9H,6-7H2,1-2H3,(H,14,15). The highest BCUT2D eigenvalue weighted by atomic mass is 19.1. The number of benzene rings is 1. The van der Waals surface area contributed by atoms with E-state index in [1.54, 1.807) is 6.07 Å². The van der Waals surface area contributed by atoms with Crippen molar-refractivity contribution in [1.82, 2.24) is 5.32 Å². The summed E-state index contributed by atoms with van der Waals surface area (Å²) in [7, 11) is 0. The van der Waals surface area contributed by atoms with Crippen molar-refractivity contribution >= 4 is 5.91 Å². The van der Waals surface area contributed by atoms with E-state index >= 15 is 0 Å². The van der Waals surface area contributed by atoms with Crippen LogP contribution < -0.4 is 5.32 Å². The zero-order valence-electron chi connectivity index (χ0n) is 9.50. The molecule has 1 amide bonds. The second-order valence-corrected chi connectivity index (χ2v) is 3.69. The maximum atomic E-state index is 12.8. The van der Waals surface area contributed by atoms with Crippen molar-refractivity contribution in [3.63, 3.8) is 0 Å². The molecule has 0 saturated carbocycles. The van der Waals surface area contributed by atoms with E-state index in [2.05, 4.69) is 5.32 Å². The highest BCUT2D eigenvalue weighted by molar-refractivity contribution is 5.94. The predicted octanol–water partition coefficient (Wildman–Crippen LogP) is 1.98. The summed E-state index contributed by atoms with van der Waals surface area (Å²) in [6.45, 7) is 4.73. The van der Waals surface area contributed by atoms with Crippen LogP contribution >= 0.6 is 0 Å². The molecule has 88 valence electrons. The number of rotatable bonds is 5. The van der Waals surface area contributed by atoms with Gasteiger partial charge in [0.05, 0.1) is 12.7 Å². The van der Waals surface area contributed by atoms with E-state index in [0.717, 1.165) is 0 Å². The van der Waals surface area contributed by atoms with E-state index in [1.807, 2.05) is 13.8 Å². The summed E-state index contributed by atoms with van der Waals surface area (Å²) in [6.07, 6.45) is 0.145. The largest absolute Gasteiger partial charge is 0.377 e. The Kier molecular flexibility index (Phi) is 4.92. The first kappa shape index (κ1) is 12.6. The number of hydrogen-bond acceptors (Lipinski definition) is 2. The molecule has 1 rings (SSSR count). The molecule has 0 aliphatic heterocycles. The number of ether oxygens (including phenoxy) is 1. The van der Waals surface area contributed by atoms with Crippen molar-refractivity contribution < 1.29 is 13.9 Å². The lowest BCUT2D eigenvalue weighted by Gasteiger charge is -2.08. The van der Waals surface area contributed by atoms with Crippen LogP contribution in [0, 0.1) is 5.82 Å². The second-order valence-electron chi connectivity index (χ2n) is 3.69. The third-order valence-electron chi connectivity index (χ3n) is 1.93. The van der Waals surface area contributed by atoms with Crippen LogP contribution in [0.1, 0.15) is 24.2 Å². The molecule has 3 nitrogen and oxygen atoms in total. The minimum atomic E-state index is -0.411. The van der Waals surface area contributed by atoms with Crippen LogP contribution in [-0.2, 0) is 4.74 Å². The molecule has 0 radical (unpaired) electrons. The number of nitrogens with one attached hydrogen (secondary N) is 1. The Morgan fingerprint density at radius 2 is 2.25 bits per heavy atom. The summed E-state index contributed by atoms with van der Waals surface area (Å²) < 4.78 is 18.1. The summed E-state index contributed by atoms with van der Waals surface area (Å²) in [5.41, 5.74) is 0.324. The van der Waals surface area contributed by atoms with Gasteiger partial charge in [0.15, 0.2) is 0 Å².